The quantitative estimate of drug-likeness (QED) is 0.851. The molecule has 108 valence electrons. The van der Waals surface area contributed by atoms with E-state index in [4.69, 9.17) is 5.73 Å². The van der Waals surface area contributed by atoms with Gasteiger partial charge < -0.3 is 11.1 Å². The lowest BCUT2D eigenvalue weighted by molar-refractivity contribution is -0.0321. The molecule has 2 unspecified atom stereocenters. The molecule has 0 spiro atoms. The highest BCUT2D eigenvalue weighted by molar-refractivity contribution is 5.92. The summed E-state index contributed by atoms with van der Waals surface area (Å²) < 4.78 is 1.67. The molecule has 0 aliphatic heterocycles. The normalized spacial score (nSPS) is 41.9. The van der Waals surface area contributed by atoms with Crippen LogP contribution >= 0.6 is 0 Å². The van der Waals surface area contributed by atoms with Gasteiger partial charge in [0.15, 0.2) is 0 Å². The number of carbonyl (C=O) groups is 1. The van der Waals surface area contributed by atoms with Gasteiger partial charge in [-0.15, -0.1) is 0 Å². The minimum Gasteiger partial charge on any atom is -0.345 e. The Morgan fingerprint density at radius 1 is 1.40 bits per heavy atom. The highest BCUT2D eigenvalue weighted by Crippen LogP contribution is 2.56. The first-order chi connectivity index (χ1) is 9.45. The van der Waals surface area contributed by atoms with Crippen molar-refractivity contribution in [3.05, 3.63) is 18.0 Å². The minimum absolute atomic E-state index is 0.0402. The first-order valence-corrected chi connectivity index (χ1v) is 7.56. The van der Waals surface area contributed by atoms with E-state index in [1.165, 1.54) is 6.42 Å². The molecule has 4 bridgehead atoms. The van der Waals surface area contributed by atoms with E-state index < -0.39 is 0 Å². The summed E-state index contributed by atoms with van der Waals surface area (Å²) >= 11 is 0. The molecule has 1 aromatic rings. The Hall–Kier alpha value is -1.36. The second kappa shape index (κ2) is 3.85. The van der Waals surface area contributed by atoms with E-state index in [2.05, 4.69) is 10.4 Å². The largest absolute Gasteiger partial charge is 0.345 e. The van der Waals surface area contributed by atoms with E-state index in [1.807, 2.05) is 7.05 Å². The third-order valence-corrected chi connectivity index (χ3v) is 5.43. The third kappa shape index (κ3) is 1.87. The summed E-state index contributed by atoms with van der Waals surface area (Å²) in [5, 5.41) is 7.48. The lowest BCUT2D eigenvalue weighted by atomic mass is 9.50. The second-order valence-corrected chi connectivity index (χ2v) is 7.43. The molecule has 0 saturated heterocycles. The Labute approximate surface area is 118 Å². The molecule has 0 aromatic carbocycles. The van der Waals surface area contributed by atoms with Crippen LogP contribution in [0.3, 0.4) is 0 Å². The van der Waals surface area contributed by atoms with Crippen molar-refractivity contribution in [3.8, 4) is 0 Å². The van der Waals surface area contributed by atoms with Crippen LogP contribution < -0.4 is 11.1 Å². The number of amides is 1. The summed E-state index contributed by atoms with van der Waals surface area (Å²) in [4.78, 5) is 12.4. The fraction of sp³-hybridized carbons (Fsp3) is 0.733. The van der Waals surface area contributed by atoms with Gasteiger partial charge in [0.05, 0.1) is 0 Å². The van der Waals surface area contributed by atoms with Crippen molar-refractivity contribution in [1.29, 1.82) is 0 Å². The SMILES string of the molecule is Cn1ccc(C(=O)NC23CC4CC(CC(N)(C4)C2)C3)n1. The fourth-order valence-corrected chi connectivity index (χ4v) is 5.32. The van der Waals surface area contributed by atoms with E-state index in [0.717, 1.165) is 32.1 Å². The van der Waals surface area contributed by atoms with Crippen LogP contribution in [0, 0.1) is 11.8 Å². The molecule has 4 aliphatic carbocycles. The monoisotopic (exact) mass is 274 g/mol. The lowest BCUT2D eigenvalue weighted by Gasteiger charge is -2.61. The van der Waals surface area contributed by atoms with Crippen molar-refractivity contribution >= 4 is 5.91 Å². The first-order valence-electron chi connectivity index (χ1n) is 7.56. The summed E-state index contributed by atoms with van der Waals surface area (Å²) in [6.45, 7) is 0. The summed E-state index contributed by atoms with van der Waals surface area (Å²) in [5.74, 6) is 1.35. The molecule has 1 aromatic heterocycles. The van der Waals surface area contributed by atoms with Gasteiger partial charge in [-0.1, -0.05) is 0 Å². The predicted molar refractivity (Wildman–Crippen MR) is 75.0 cm³/mol. The Balaban J connectivity index is 1.57. The standard InChI is InChI=1S/C15H22N4O/c1-19-3-2-12(18-19)13(20)17-15-7-10-4-11(8-15)6-14(16,5-10)9-15/h2-3,10-11H,4-9,16H2,1H3,(H,17,20). The van der Waals surface area contributed by atoms with Crippen LogP contribution in [0.2, 0.25) is 0 Å². The van der Waals surface area contributed by atoms with Crippen LogP contribution in [0.25, 0.3) is 0 Å². The van der Waals surface area contributed by atoms with E-state index in [0.29, 0.717) is 17.5 Å². The molecular weight excluding hydrogens is 252 g/mol. The number of hydrogen-bond acceptors (Lipinski definition) is 3. The molecule has 4 saturated carbocycles. The number of rotatable bonds is 2. The van der Waals surface area contributed by atoms with Gasteiger partial charge in [0, 0.05) is 24.3 Å². The van der Waals surface area contributed by atoms with Crippen molar-refractivity contribution in [2.45, 2.75) is 49.6 Å². The van der Waals surface area contributed by atoms with E-state index in [1.54, 1.807) is 16.9 Å². The third-order valence-electron chi connectivity index (χ3n) is 5.43. The van der Waals surface area contributed by atoms with Crippen LogP contribution in [0.15, 0.2) is 12.3 Å². The van der Waals surface area contributed by atoms with Gasteiger partial charge in [-0.05, 0) is 56.4 Å². The maximum absolute atomic E-state index is 12.4. The highest BCUT2D eigenvalue weighted by Gasteiger charge is 2.56. The molecule has 1 amide bonds. The minimum atomic E-state index is -0.0760. The molecule has 1 heterocycles. The van der Waals surface area contributed by atoms with Crippen molar-refractivity contribution < 1.29 is 4.79 Å². The molecule has 2 atom stereocenters. The average molecular weight is 274 g/mol. The molecule has 0 radical (unpaired) electrons. The Bertz CT molecular complexity index is 550. The number of nitrogens with one attached hydrogen (secondary N) is 1. The van der Waals surface area contributed by atoms with Gasteiger partial charge in [-0.25, -0.2) is 0 Å². The molecular formula is C15H22N4O. The Morgan fingerprint density at radius 2 is 2.10 bits per heavy atom. The van der Waals surface area contributed by atoms with Crippen molar-refractivity contribution in [1.82, 2.24) is 15.1 Å². The van der Waals surface area contributed by atoms with E-state index in [-0.39, 0.29) is 17.0 Å². The molecule has 3 N–H and O–H groups in total. The average Bonchev–Trinajstić information content (AvgIpc) is 2.71. The number of nitrogens with zero attached hydrogens (tertiary/aromatic N) is 2. The van der Waals surface area contributed by atoms with Crippen LogP contribution in [0.1, 0.15) is 49.0 Å². The predicted octanol–water partition coefficient (Wildman–Crippen LogP) is 1.20. The smallest absolute Gasteiger partial charge is 0.272 e. The number of aryl methyl sites for hydroxylation is 1. The van der Waals surface area contributed by atoms with Gasteiger partial charge >= 0.3 is 0 Å². The topological polar surface area (TPSA) is 72.9 Å². The first kappa shape index (κ1) is 12.4. The van der Waals surface area contributed by atoms with Gasteiger partial charge in [-0.3, -0.25) is 9.48 Å². The maximum atomic E-state index is 12.4. The fourth-order valence-electron chi connectivity index (χ4n) is 5.32. The molecule has 4 aliphatic rings. The van der Waals surface area contributed by atoms with Gasteiger partial charge in [0.2, 0.25) is 0 Å². The highest BCUT2D eigenvalue weighted by atomic mass is 16.2. The van der Waals surface area contributed by atoms with Crippen molar-refractivity contribution in [2.75, 3.05) is 0 Å². The molecule has 5 nitrogen and oxygen atoms in total. The number of hydrogen-bond donors (Lipinski definition) is 2. The van der Waals surface area contributed by atoms with Crippen LogP contribution in [-0.2, 0) is 7.05 Å². The van der Waals surface area contributed by atoms with Crippen LogP contribution in [0.4, 0.5) is 0 Å². The Morgan fingerprint density at radius 3 is 2.65 bits per heavy atom. The Kier molecular flexibility index (Phi) is 2.38. The summed E-state index contributed by atoms with van der Waals surface area (Å²) in [7, 11) is 1.83. The number of nitrogens with two attached hydrogens (primary N) is 1. The van der Waals surface area contributed by atoms with Gasteiger partial charge in [0.25, 0.3) is 5.91 Å². The number of carbonyl (C=O) groups excluding carboxylic acids is 1. The van der Waals surface area contributed by atoms with Crippen LogP contribution in [0.5, 0.6) is 0 Å². The zero-order valence-corrected chi connectivity index (χ0v) is 11.9. The maximum Gasteiger partial charge on any atom is 0.272 e. The van der Waals surface area contributed by atoms with Crippen LogP contribution in [-0.4, -0.2) is 26.8 Å². The molecule has 5 heteroatoms. The lowest BCUT2D eigenvalue weighted by Crippen LogP contribution is -2.68. The number of aromatic nitrogens is 2. The second-order valence-electron chi connectivity index (χ2n) is 7.43. The van der Waals surface area contributed by atoms with Gasteiger partial charge in [0.1, 0.15) is 5.69 Å². The summed E-state index contributed by atoms with van der Waals surface area (Å²) in [5.41, 5.74) is 6.95. The molecule has 4 fully saturated rings. The van der Waals surface area contributed by atoms with Crippen molar-refractivity contribution in [3.63, 3.8) is 0 Å². The molecule has 5 rings (SSSR count). The van der Waals surface area contributed by atoms with E-state index >= 15 is 0 Å². The molecule has 20 heavy (non-hydrogen) atoms. The van der Waals surface area contributed by atoms with Crippen molar-refractivity contribution in [2.24, 2.45) is 24.6 Å². The van der Waals surface area contributed by atoms with Gasteiger partial charge in [-0.2, -0.15) is 5.10 Å². The van der Waals surface area contributed by atoms with E-state index in [9.17, 15) is 4.79 Å². The zero-order chi connectivity index (χ0) is 14.0. The summed E-state index contributed by atoms with van der Waals surface area (Å²) in [6, 6.07) is 1.77. The summed E-state index contributed by atoms with van der Waals surface area (Å²) in [6.07, 6.45) is 8.53. The zero-order valence-electron chi connectivity index (χ0n) is 11.9.